The van der Waals surface area contributed by atoms with Gasteiger partial charge in [0.15, 0.2) is 11.5 Å². The third-order valence-corrected chi connectivity index (χ3v) is 6.76. The van der Waals surface area contributed by atoms with Gasteiger partial charge >= 0.3 is 0 Å². The summed E-state index contributed by atoms with van der Waals surface area (Å²) in [5.41, 5.74) is 0.551. The van der Waals surface area contributed by atoms with Crippen LogP contribution in [0.1, 0.15) is 20.7 Å². The molecule has 0 unspecified atom stereocenters. The van der Waals surface area contributed by atoms with Crippen LogP contribution in [0.4, 0.5) is 5.69 Å². The maximum atomic E-state index is 12.9. The van der Waals surface area contributed by atoms with Gasteiger partial charge in [0.25, 0.3) is 11.8 Å². The quantitative estimate of drug-likeness (QED) is 0.518. The minimum atomic E-state index is -3.66. The van der Waals surface area contributed by atoms with Crippen LogP contribution >= 0.6 is 0 Å². The molecule has 0 N–H and O–H groups in total. The zero-order chi connectivity index (χ0) is 20.9. The molecule has 9 nitrogen and oxygen atoms in total. The van der Waals surface area contributed by atoms with Crippen LogP contribution in [0.2, 0.25) is 0 Å². The van der Waals surface area contributed by atoms with Crippen LogP contribution in [0.5, 0.6) is 17.2 Å². The lowest BCUT2D eigenvalue weighted by Crippen LogP contribution is -2.29. The molecule has 0 aromatic heterocycles. The molecule has 1 saturated heterocycles. The molecule has 2 amide bonds. The molecular formula is C19H18N2O7S. The Morgan fingerprint density at radius 2 is 1.31 bits per heavy atom. The van der Waals surface area contributed by atoms with Gasteiger partial charge in [-0.05, 0) is 24.3 Å². The van der Waals surface area contributed by atoms with E-state index in [9.17, 15) is 18.0 Å². The van der Waals surface area contributed by atoms with Crippen LogP contribution in [0.25, 0.3) is 0 Å². The zero-order valence-electron chi connectivity index (χ0n) is 16.0. The molecule has 152 valence electrons. The maximum Gasteiger partial charge on any atom is 0.266 e. The molecule has 1 fully saturated rings. The molecule has 2 aliphatic heterocycles. The number of anilines is 1. The van der Waals surface area contributed by atoms with E-state index >= 15 is 0 Å². The summed E-state index contributed by atoms with van der Waals surface area (Å²) in [5.74, 6) is -0.385. The first kappa shape index (κ1) is 19.2. The Morgan fingerprint density at radius 1 is 0.793 bits per heavy atom. The highest BCUT2D eigenvalue weighted by Gasteiger charge is 2.40. The van der Waals surface area contributed by atoms with Gasteiger partial charge in [-0.25, -0.2) is 13.3 Å². The minimum Gasteiger partial charge on any atom is -0.495 e. The highest BCUT2D eigenvalue weighted by atomic mass is 32.2. The Balaban J connectivity index is 1.77. The summed E-state index contributed by atoms with van der Waals surface area (Å²) < 4.78 is 42.0. The Labute approximate surface area is 167 Å². The highest BCUT2D eigenvalue weighted by molar-refractivity contribution is 7.89. The summed E-state index contributed by atoms with van der Waals surface area (Å²) in [6, 6.07) is 7.02. The zero-order valence-corrected chi connectivity index (χ0v) is 16.8. The van der Waals surface area contributed by atoms with Gasteiger partial charge < -0.3 is 14.2 Å². The Bertz CT molecular complexity index is 1100. The van der Waals surface area contributed by atoms with E-state index < -0.39 is 21.8 Å². The molecule has 0 spiro atoms. The average Bonchev–Trinajstić information content (AvgIpc) is 3.55. The molecule has 2 heterocycles. The first-order chi connectivity index (χ1) is 13.8. The molecule has 2 aromatic carbocycles. The van der Waals surface area contributed by atoms with Crippen molar-refractivity contribution < 1.29 is 32.2 Å². The topological polar surface area (TPSA) is 102 Å². The maximum absolute atomic E-state index is 12.9. The normalized spacial score (nSPS) is 16.0. The van der Waals surface area contributed by atoms with Crippen molar-refractivity contribution in [2.24, 2.45) is 0 Å². The SMILES string of the molecule is COc1cc2c(cc1OC)C(=O)N(c1ccc(S(=O)(=O)N3CC3)c(OC)c1)C2=O. The van der Waals surface area contributed by atoms with E-state index in [1.165, 1.54) is 56.0 Å². The summed E-state index contributed by atoms with van der Waals surface area (Å²) in [5, 5.41) is 0. The van der Waals surface area contributed by atoms with Gasteiger partial charge in [0.1, 0.15) is 10.6 Å². The number of hydrogen-bond donors (Lipinski definition) is 0. The van der Waals surface area contributed by atoms with Crippen molar-refractivity contribution in [2.45, 2.75) is 4.90 Å². The highest BCUT2D eigenvalue weighted by Crippen LogP contribution is 2.39. The molecule has 0 saturated carbocycles. The monoisotopic (exact) mass is 418 g/mol. The van der Waals surface area contributed by atoms with E-state index in [4.69, 9.17) is 14.2 Å². The first-order valence-corrected chi connectivity index (χ1v) is 10.1. The Hall–Kier alpha value is -3.11. The smallest absolute Gasteiger partial charge is 0.266 e. The van der Waals surface area contributed by atoms with Crippen LogP contribution in [-0.4, -0.2) is 59.0 Å². The predicted molar refractivity (Wildman–Crippen MR) is 102 cm³/mol. The third-order valence-electron chi connectivity index (χ3n) is 4.82. The summed E-state index contributed by atoms with van der Waals surface area (Å²) in [6.07, 6.45) is 0. The number of nitrogens with zero attached hydrogens (tertiary/aromatic N) is 2. The van der Waals surface area contributed by atoms with E-state index in [-0.39, 0.29) is 27.5 Å². The van der Waals surface area contributed by atoms with Crippen molar-refractivity contribution in [3.8, 4) is 17.2 Å². The number of ether oxygens (including phenoxy) is 3. The summed E-state index contributed by atoms with van der Waals surface area (Å²) >= 11 is 0. The van der Waals surface area contributed by atoms with E-state index in [1.807, 2.05) is 0 Å². The second-order valence-corrected chi connectivity index (χ2v) is 8.34. The number of benzene rings is 2. The molecular weight excluding hydrogens is 400 g/mol. The van der Waals surface area contributed by atoms with Gasteiger partial charge in [0.2, 0.25) is 10.0 Å². The molecule has 0 atom stereocenters. The van der Waals surface area contributed by atoms with Crippen LogP contribution in [-0.2, 0) is 10.0 Å². The van der Waals surface area contributed by atoms with Crippen molar-refractivity contribution in [2.75, 3.05) is 39.3 Å². The predicted octanol–water partition coefficient (Wildman–Crippen LogP) is 1.52. The third kappa shape index (κ3) is 2.91. The minimum absolute atomic E-state index is 0.0128. The van der Waals surface area contributed by atoms with E-state index in [1.54, 1.807) is 0 Å². The number of methoxy groups -OCH3 is 3. The molecule has 0 radical (unpaired) electrons. The second-order valence-electron chi connectivity index (χ2n) is 6.44. The van der Waals surface area contributed by atoms with E-state index in [0.717, 1.165) is 4.90 Å². The van der Waals surface area contributed by atoms with Crippen molar-refractivity contribution >= 4 is 27.5 Å². The van der Waals surface area contributed by atoms with Gasteiger partial charge in [0.05, 0.1) is 38.1 Å². The van der Waals surface area contributed by atoms with Gasteiger partial charge in [-0.3, -0.25) is 9.59 Å². The molecule has 2 aliphatic rings. The fraction of sp³-hybridized carbons (Fsp3) is 0.263. The molecule has 29 heavy (non-hydrogen) atoms. The van der Waals surface area contributed by atoms with Crippen LogP contribution in [0, 0.1) is 0 Å². The largest absolute Gasteiger partial charge is 0.495 e. The van der Waals surface area contributed by atoms with E-state index in [0.29, 0.717) is 24.6 Å². The molecule has 4 rings (SSSR count). The standard InChI is InChI=1S/C19H18N2O7S/c1-26-14-9-12-13(10-15(14)27-2)19(23)21(18(12)22)11-4-5-17(16(8-11)28-3)29(24,25)20-6-7-20/h4-5,8-10H,6-7H2,1-3H3. The number of fused-ring (bicyclic) bond motifs is 1. The number of rotatable bonds is 6. The number of carbonyl (C=O) groups excluding carboxylic acids is 2. The summed E-state index contributed by atoms with van der Waals surface area (Å²) in [6.45, 7) is 0.907. The summed E-state index contributed by atoms with van der Waals surface area (Å²) in [4.78, 5) is 26.8. The van der Waals surface area contributed by atoms with Crippen LogP contribution < -0.4 is 19.1 Å². The number of amides is 2. The number of imide groups is 1. The van der Waals surface area contributed by atoms with Gasteiger partial charge in [-0.2, -0.15) is 4.31 Å². The van der Waals surface area contributed by atoms with Crippen LogP contribution in [0.3, 0.4) is 0 Å². The number of sulfonamides is 1. The molecule has 2 aromatic rings. The Kier molecular flexibility index (Phi) is 4.47. The average molecular weight is 418 g/mol. The number of carbonyl (C=O) groups is 2. The molecule has 0 aliphatic carbocycles. The molecule has 0 bridgehead atoms. The van der Waals surface area contributed by atoms with Crippen LogP contribution in [0.15, 0.2) is 35.2 Å². The van der Waals surface area contributed by atoms with Crippen molar-refractivity contribution in [1.29, 1.82) is 0 Å². The first-order valence-electron chi connectivity index (χ1n) is 8.66. The second kappa shape index (κ2) is 6.75. The van der Waals surface area contributed by atoms with Crippen molar-refractivity contribution in [3.63, 3.8) is 0 Å². The number of hydrogen-bond acceptors (Lipinski definition) is 7. The lowest BCUT2D eigenvalue weighted by molar-refractivity contribution is 0.0926. The van der Waals surface area contributed by atoms with Gasteiger partial charge in [-0.15, -0.1) is 0 Å². The van der Waals surface area contributed by atoms with Crippen molar-refractivity contribution in [1.82, 2.24) is 4.31 Å². The summed E-state index contributed by atoms with van der Waals surface area (Å²) in [7, 11) is 0.539. The van der Waals surface area contributed by atoms with E-state index in [2.05, 4.69) is 0 Å². The fourth-order valence-electron chi connectivity index (χ4n) is 3.23. The lowest BCUT2D eigenvalue weighted by Gasteiger charge is -2.17. The van der Waals surface area contributed by atoms with Gasteiger partial charge in [-0.1, -0.05) is 0 Å². The Morgan fingerprint density at radius 3 is 1.76 bits per heavy atom. The van der Waals surface area contributed by atoms with Gasteiger partial charge in [0, 0.05) is 19.2 Å². The lowest BCUT2D eigenvalue weighted by atomic mass is 10.1. The van der Waals surface area contributed by atoms with Crippen molar-refractivity contribution in [3.05, 3.63) is 41.5 Å². The molecule has 10 heteroatoms. The fourth-order valence-corrected chi connectivity index (χ4v) is 4.71.